The number of esters is 1. The van der Waals surface area contributed by atoms with Crippen LogP contribution in [0.4, 0.5) is 11.4 Å². The highest BCUT2D eigenvalue weighted by atomic mass is 16.5. The average molecular weight is 276 g/mol. The highest BCUT2D eigenvalue weighted by Crippen LogP contribution is 2.32. The van der Waals surface area contributed by atoms with E-state index in [1.807, 2.05) is 12.1 Å². The summed E-state index contributed by atoms with van der Waals surface area (Å²) < 4.78 is 5.06. The molecule has 1 aliphatic rings. The summed E-state index contributed by atoms with van der Waals surface area (Å²) in [5, 5.41) is 0. The number of rotatable bonds is 7. The first-order chi connectivity index (χ1) is 9.65. The van der Waals surface area contributed by atoms with E-state index in [9.17, 15) is 4.79 Å². The standard InChI is InChI=1S/C16H24N2O2/c1-3-9-18(11-12-5-6-12)13-7-8-15(17)14(10-13)16(19)20-4-2/h7-8,10,12H,3-6,9,11,17H2,1-2H3. The van der Waals surface area contributed by atoms with Crippen molar-refractivity contribution in [3.05, 3.63) is 23.8 Å². The molecule has 1 fully saturated rings. The Balaban J connectivity index is 2.20. The van der Waals surface area contributed by atoms with Crippen LogP contribution in [0.25, 0.3) is 0 Å². The maximum Gasteiger partial charge on any atom is 0.340 e. The van der Waals surface area contributed by atoms with E-state index in [4.69, 9.17) is 10.5 Å². The molecule has 1 aliphatic carbocycles. The minimum absolute atomic E-state index is 0.338. The van der Waals surface area contributed by atoms with E-state index < -0.39 is 0 Å². The minimum Gasteiger partial charge on any atom is -0.462 e. The Kier molecular flexibility index (Phi) is 4.88. The van der Waals surface area contributed by atoms with Crippen molar-refractivity contribution in [2.45, 2.75) is 33.1 Å². The number of hydrogen-bond acceptors (Lipinski definition) is 4. The lowest BCUT2D eigenvalue weighted by atomic mass is 10.1. The van der Waals surface area contributed by atoms with Crippen molar-refractivity contribution >= 4 is 17.3 Å². The van der Waals surface area contributed by atoms with Crippen molar-refractivity contribution in [1.29, 1.82) is 0 Å². The molecule has 0 aromatic heterocycles. The van der Waals surface area contributed by atoms with Gasteiger partial charge in [-0.15, -0.1) is 0 Å². The molecule has 0 unspecified atom stereocenters. The summed E-state index contributed by atoms with van der Waals surface area (Å²) >= 11 is 0. The van der Waals surface area contributed by atoms with Crippen LogP contribution < -0.4 is 10.6 Å². The van der Waals surface area contributed by atoms with Crippen LogP contribution in [0, 0.1) is 5.92 Å². The van der Waals surface area contributed by atoms with Crippen molar-refractivity contribution in [3.8, 4) is 0 Å². The number of nitrogen functional groups attached to an aromatic ring is 1. The number of nitrogens with two attached hydrogens (primary N) is 1. The Hall–Kier alpha value is -1.71. The first-order valence-electron chi connectivity index (χ1n) is 7.47. The van der Waals surface area contributed by atoms with Gasteiger partial charge >= 0.3 is 5.97 Å². The molecule has 0 radical (unpaired) electrons. The third-order valence-corrected chi connectivity index (χ3v) is 3.57. The van der Waals surface area contributed by atoms with Crippen LogP contribution >= 0.6 is 0 Å². The molecule has 2 rings (SSSR count). The lowest BCUT2D eigenvalue weighted by Gasteiger charge is -2.25. The van der Waals surface area contributed by atoms with E-state index in [1.54, 1.807) is 13.0 Å². The van der Waals surface area contributed by atoms with Gasteiger partial charge in [0.25, 0.3) is 0 Å². The van der Waals surface area contributed by atoms with Gasteiger partial charge in [-0.25, -0.2) is 4.79 Å². The summed E-state index contributed by atoms with van der Waals surface area (Å²) in [5.74, 6) is 0.472. The molecule has 2 N–H and O–H groups in total. The molecule has 1 aromatic rings. The SMILES string of the molecule is CCCN(CC1CC1)c1ccc(N)c(C(=O)OCC)c1. The lowest BCUT2D eigenvalue weighted by molar-refractivity contribution is 0.0527. The van der Waals surface area contributed by atoms with Gasteiger partial charge in [0.2, 0.25) is 0 Å². The van der Waals surface area contributed by atoms with Crippen molar-refractivity contribution in [2.24, 2.45) is 5.92 Å². The molecule has 0 amide bonds. The molecule has 1 aromatic carbocycles. The Labute approximate surface area is 120 Å². The zero-order valence-corrected chi connectivity index (χ0v) is 12.4. The monoisotopic (exact) mass is 276 g/mol. The van der Waals surface area contributed by atoms with Gasteiger partial charge in [-0.2, -0.15) is 0 Å². The van der Waals surface area contributed by atoms with Crippen LogP contribution in [0.2, 0.25) is 0 Å². The van der Waals surface area contributed by atoms with E-state index in [0.29, 0.717) is 17.9 Å². The second-order valence-electron chi connectivity index (χ2n) is 5.38. The summed E-state index contributed by atoms with van der Waals surface area (Å²) in [7, 11) is 0. The lowest BCUT2D eigenvalue weighted by Crippen LogP contribution is -2.26. The fourth-order valence-electron chi connectivity index (χ4n) is 2.33. The zero-order valence-electron chi connectivity index (χ0n) is 12.4. The second-order valence-corrected chi connectivity index (χ2v) is 5.38. The highest BCUT2D eigenvalue weighted by Gasteiger charge is 2.24. The number of benzene rings is 1. The second kappa shape index (κ2) is 6.64. The van der Waals surface area contributed by atoms with Gasteiger partial charge in [-0.1, -0.05) is 6.92 Å². The predicted octanol–water partition coefficient (Wildman–Crippen LogP) is 3.07. The van der Waals surface area contributed by atoms with Gasteiger partial charge in [-0.05, 0) is 50.3 Å². The van der Waals surface area contributed by atoms with Crippen LogP contribution in [0.3, 0.4) is 0 Å². The summed E-state index contributed by atoms with van der Waals surface area (Å²) in [6, 6.07) is 5.67. The Morgan fingerprint density at radius 2 is 2.15 bits per heavy atom. The van der Waals surface area contributed by atoms with Gasteiger partial charge in [0.05, 0.1) is 12.2 Å². The molecule has 0 atom stereocenters. The number of carbonyl (C=O) groups is 1. The topological polar surface area (TPSA) is 55.6 Å². The third-order valence-electron chi connectivity index (χ3n) is 3.57. The molecule has 4 heteroatoms. The summed E-state index contributed by atoms with van der Waals surface area (Å²) in [4.78, 5) is 14.3. The summed E-state index contributed by atoms with van der Waals surface area (Å²) in [6.07, 6.45) is 3.73. The molecule has 20 heavy (non-hydrogen) atoms. The van der Waals surface area contributed by atoms with Crippen LogP contribution in [0.5, 0.6) is 0 Å². The Morgan fingerprint density at radius 3 is 2.75 bits per heavy atom. The normalized spacial score (nSPS) is 14.1. The summed E-state index contributed by atoms with van der Waals surface area (Å²) in [6.45, 7) is 6.41. The molecule has 0 bridgehead atoms. The molecule has 0 heterocycles. The van der Waals surface area contributed by atoms with Crippen LogP contribution in [0.15, 0.2) is 18.2 Å². The van der Waals surface area contributed by atoms with Crippen molar-refractivity contribution < 1.29 is 9.53 Å². The third kappa shape index (κ3) is 3.65. The Morgan fingerprint density at radius 1 is 1.40 bits per heavy atom. The quantitative estimate of drug-likeness (QED) is 0.614. The van der Waals surface area contributed by atoms with Crippen molar-refractivity contribution in [2.75, 3.05) is 30.3 Å². The fraction of sp³-hybridized carbons (Fsp3) is 0.562. The van der Waals surface area contributed by atoms with Gasteiger partial charge in [0.1, 0.15) is 0 Å². The number of ether oxygens (including phenoxy) is 1. The number of carbonyl (C=O) groups excluding carboxylic acids is 1. The average Bonchev–Trinajstić information content (AvgIpc) is 3.23. The zero-order chi connectivity index (χ0) is 14.5. The smallest absolute Gasteiger partial charge is 0.340 e. The number of hydrogen-bond donors (Lipinski definition) is 1. The van der Waals surface area contributed by atoms with E-state index in [1.165, 1.54) is 12.8 Å². The first-order valence-corrected chi connectivity index (χ1v) is 7.47. The predicted molar refractivity (Wildman–Crippen MR) is 82.0 cm³/mol. The van der Waals surface area contributed by atoms with Crippen LogP contribution in [-0.2, 0) is 4.74 Å². The highest BCUT2D eigenvalue weighted by molar-refractivity contribution is 5.96. The van der Waals surface area contributed by atoms with E-state index in [0.717, 1.165) is 31.1 Å². The fourth-order valence-corrected chi connectivity index (χ4v) is 2.33. The molecule has 110 valence electrons. The molecule has 0 saturated heterocycles. The molecule has 1 saturated carbocycles. The summed E-state index contributed by atoms with van der Waals surface area (Å²) in [5.41, 5.74) is 7.91. The van der Waals surface area contributed by atoms with Gasteiger partial charge in [0.15, 0.2) is 0 Å². The first kappa shape index (κ1) is 14.7. The number of anilines is 2. The van der Waals surface area contributed by atoms with E-state index in [-0.39, 0.29) is 5.97 Å². The van der Waals surface area contributed by atoms with Gasteiger partial charge in [-0.3, -0.25) is 0 Å². The molecular weight excluding hydrogens is 252 g/mol. The molecule has 4 nitrogen and oxygen atoms in total. The maximum atomic E-state index is 11.9. The van der Waals surface area contributed by atoms with Crippen LogP contribution in [0.1, 0.15) is 43.5 Å². The van der Waals surface area contributed by atoms with Gasteiger partial charge < -0.3 is 15.4 Å². The van der Waals surface area contributed by atoms with E-state index >= 15 is 0 Å². The largest absolute Gasteiger partial charge is 0.462 e. The Bertz CT molecular complexity index is 470. The van der Waals surface area contributed by atoms with Gasteiger partial charge in [0, 0.05) is 24.5 Å². The van der Waals surface area contributed by atoms with Crippen molar-refractivity contribution in [1.82, 2.24) is 0 Å². The van der Waals surface area contributed by atoms with Crippen molar-refractivity contribution in [3.63, 3.8) is 0 Å². The maximum absolute atomic E-state index is 11.9. The van der Waals surface area contributed by atoms with E-state index in [2.05, 4.69) is 11.8 Å². The van der Waals surface area contributed by atoms with Crippen LogP contribution in [-0.4, -0.2) is 25.7 Å². The molecule has 0 spiro atoms. The minimum atomic E-state index is -0.338. The molecule has 0 aliphatic heterocycles. The number of nitrogens with zero attached hydrogens (tertiary/aromatic N) is 1. The molecular formula is C16H24N2O2.